The third kappa shape index (κ3) is 4.52. The van der Waals surface area contributed by atoms with Crippen molar-refractivity contribution in [3.05, 3.63) is 65.4 Å². The summed E-state index contributed by atoms with van der Waals surface area (Å²) in [5.74, 6) is -1.59. The van der Waals surface area contributed by atoms with Crippen LogP contribution in [0.4, 0.5) is 23.4 Å². The summed E-state index contributed by atoms with van der Waals surface area (Å²) in [7, 11) is 0. The predicted octanol–water partition coefficient (Wildman–Crippen LogP) is 2.53. The topological polar surface area (TPSA) is 109 Å². The minimum absolute atomic E-state index is 0.0790. The summed E-state index contributed by atoms with van der Waals surface area (Å²) in [5, 5.41) is 20.8. The van der Waals surface area contributed by atoms with Crippen LogP contribution < -0.4 is 10.6 Å². The van der Waals surface area contributed by atoms with Gasteiger partial charge in [0.15, 0.2) is 11.4 Å². The molecule has 1 aromatic carbocycles. The largest absolute Gasteiger partial charge is 0.435 e. The molecule has 0 fully saturated rings. The van der Waals surface area contributed by atoms with Gasteiger partial charge in [-0.2, -0.15) is 18.4 Å². The second-order valence-corrected chi connectivity index (χ2v) is 5.87. The molecule has 2 heterocycles. The van der Waals surface area contributed by atoms with E-state index in [-0.39, 0.29) is 30.2 Å². The number of benzene rings is 1. The molecule has 3 rings (SSSR count). The molecule has 0 aliphatic rings. The van der Waals surface area contributed by atoms with Crippen molar-refractivity contribution in [2.24, 2.45) is 0 Å². The Hall–Kier alpha value is -4.01. The van der Waals surface area contributed by atoms with Crippen LogP contribution >= 0.6 is 0 Å². The lowest BCUT2D eigenvalue weighted by Gasteiger charge is -2.11. The van der Waals surface area contributed by atoms with Crippen LogP contribution in [0.3, 0.4) is 0 Å². The number of hydrogen-bond donors (Lipinski definition) is 2. The highest BCUT2D eigenvalue weighted by molar-refractivity contribution is 5.93. The van der Waals surface area contributed by atoms with E-state index in [1.807, 2.05) is 6.07 Å². The first-order valence-electron chi connectivity index (χ1n) is 8.47. The van der Waals surface area contributed by atoms with Gasteiger partial charge in [0.05, 0.1) is 11.3 Å². The van der Waals surface area contributed by atoms with Crippen molar-refractivity contribution in [2.75, 3.05) is 18.4 Å². The predicted molar refractivity (Wildman–Crippen MR) is 96.1 cm³/mol. The zero-order valence-corrected chi connectivity index (χ0v) is 15.1. The average molecular weight is 419 g/mol. The number of anilines is 1. The Labute approximate surface area is 167 Å². The third-order valence-corrected chi connectivity index (χ3v) is 3.84. The maximum Gasteiger partial charge on any atom is 0.435 e. The molecular weight excluding hydrogens is 406 g/mol. The molecule has 2 aromatic heterocycles. The monoisotopic (exact) mass is 419 g/mol. The summed E-state index contributed by atoms with van der Waals surface area (Å²) in [6.07, 6.45) is -3.50. The van der Waals surface area contributed by atoms with Crippen LogP contribution in [-0.2, 0) is 6.18 Å². The van der Waals surface area contributed by atoms with Crippen molar-refractivity contribution >= 4 is 11.7 Å². The number of alkyl halides is 3. The Bertz CT molecular complexity index is 1100. The normalized spacial score (nSPS) is 11.0. The molecule has 0 saturated heterocycles. The number of nitrogens with one attached hydrogen (secondary N) is 2. The fourth-order valence-electron chi connectivity index (χ4n) is 2.55. The van der Waals surface area contributed by atoms with E-state index in [9.17, 15) is 22.4 Å². The van der Waals surface area contributed by atoms with E-state index in [1.165, 1.54) is 24.4 Å². The summed E-state index contributed by atoms with van der Waals surface area (Å²) >= 11 is 0. The van der Waals surface area contributed by atoms with Gasteiger partial charge in [0.2, 0.25) is 0 Å². The Balaban J connectivity index is 1.74. The number of halogens is 4. The number of carbonyl (C=O) groups excluding carboxylic acids is 1. The number of amides is 1. The molecule has 0 bridgehead atoms. The van der Waals surface area contributed by atoms with Gasteiger partial charge in [0.1, 0.15) is 17.7 Å². The molecule has 8 nitrogen and oxygen atoms in total. The number of pyridine rings is 1. The van der Waals surface area contributed by atoms with Gasteiger partial charge in [-0.25, -0.2) is 14.1 Å². The second-order valence-electron chi connectivity index (χ2n) is 5.87. The van der Waals surface area contributed by atoms with Crippen LogP contribution in [0.15, 0.2) is 42.6 Å². The second kappa shape index (κ2) is 8.56. The Kier molecular flexibility index (Phi) is 5.91. The zero-order chi connectivity index (χ0) is 21.7. The molecule has 0 atom stereocenters. The smallest absolute Gasteiger partial charge is 0.367 e. The molecule has 12 heteroatoms. The molecule has 0 aliphatic carbocycles. The molecule has 0 aliphatic heterocycles. The Morgan fingerprint density at radius 1 is 1.20 bits per heavy atom. The molecule has 0 radical (unpaired) electrons. The lowest BCUT2D eigenvalue weighted by Crippen LogP contribution is -2.31. The molecular formula is C18H13F4N7O. The maximum atomic E-state index is 13.6. The maximum absolute atomic E-state index is 13.6. The van der Waals surface area contributed by atoms with Gasteiger partial charge in [0, 0.05) is 19.3 Å². The van der Waals surface area contributed by atoms with E-state index in [0.717, 1.165) is 12.1 Å². The zero-order valence-electron chi connectivity index (χ0n) is 15.1. The lowest BCUT2D eigenvalue weighted by molar-refractivity contribution is -0.143. The summed E-state index contributed by atoms with van der Waals surface area (Å²) in [4.78, 5) is 16.2. The van der Waals surface area contributed by atoms with Crippen molar-refractivity contribution < 1.29 is 22.4 Å². The average Bonchev–Trinajstić information content (AvgIpc) is 3.17. The van der Waals surface area contributed by atoms with E-state index in [2.05, 4.69) is 25.9 Å². The fourth-order valence-corrected chi connectivity index (χ4v) is 2.55. The first-order chi connectivity index (χ1) is 14.3. The highest BCUT2D eigenvalue weighted by Gasteiger charge is 2.42. The molecule has 154 valence electrons. The molecule has 30 heavy (non-hydrogen) atoms. The standard InChI is InChI=1S/C18H13F4N7O/c19-12-4-1-5-13(9-12)29-15(18(20,21)22)14(27-28-29)17(30)26-8-7-25-16-11(10-23)3-2-6-24-16/h1-6,9H,7-8H2,(H,24,25)(H,26,30). The highest BCUT2D eigenvalue weighted by atomic mass is 19.4. The molecule has 0 unspecified atom stereocenters. The third-order valence-electron chi connectivity index (χ3n) is 3.84. The van der Waals surface area contributed by atoms with Crippen LogP contribution in [0.1, 0.15) is 21.7 Å². The fraction of sp³-hybridized carbons (Fsp3) is 0.167. The van der Waals surface area contributed by atoms with Gasteiger partial charge >= 0.3 is 6.18 Å². The lowest BCUT2D eigenvalue weighted by atomic mass is 10.2. The minimum Gasteiger partial charge on any atom is -0.367 e. The van der Waals surface area contributed by atoms with Gasteiger partial charge in [0.25, 0.3) is 5.91 Å². The van der Waals surface area contributed by atoms with E-state index in [1.54, 1.807) is 6.07 Å². The number of hydrogen-bond acceptors (Lipinski definition) is 6. The van der Waals surface area contributed by atoms with Crippen LogP contribution in [0.25, 0.3) is 5.69 Å². The first kappa shape index (κ1) is 20.7. The summed E-state index contributed by atoms with van der Waals surface area (Å²) in [6.45, 7) is 0.0151. The van der Waals surface area contributed by atoms with Crippen LogP contribution in [0.5, 0.6) is 0 Å². The summed E-state index contributed by atoms with van der Waals surface area (Å²) < 4.78 is 54.4. The summed E-state index contributed by atoms with van der Waals surface area (Å²) in [5.41, 5.74) is -2.31. The molecule has 1 amide bonds. The number of aromatic nitrogens is 4. The molecule has 0 saturated carbocycles. The van der Waals surface area contributed by atoms with Crippen molar-refractivity contribution in [2.45, 2.75) is 6.18 Å². The minimum atomic E-state index is -4.96. The van der Waals surface area contributed by atoms with Crippen LogP contribution in [0.2, 0.25) is 0 Å². The van der Waals surface area contributed by atoms with Gasteiger partial charge in [-0.3, -0.25) is 4.79 Å². The number of rotatable bonds is 6. The highest BCUT2D eigenvalue weighted by Crippen LogP contribution is 2.32. The SMILES string of the molecule is N#Cc1cccnc1NCCNC(=O)c1nnn(-c2cccc(F)c2)c1C(F)(F)F. The van der Waals surface area contributed by atoms with Crippen LogP contribution in [-0.4, -0.2) is 39.0 Å². The van der Waals surface area contributed by atoms with E-state index >= 15 is 0 Å². The van der Waals surface area contributed by atoms with Gasteiger partial charge < -0.3 is 10.6 Å². The Morgan fingerprint density at radius 2 is 2.00 bits per heavy atom. The van der Waals surface area contributed by atoms with Crippen molar-refractivity contribution in [3.63, 3.8) is 0 Å². The van der Waals surface area contributed by atoms with Crippen molar-refractivity contribution in [1.29, 1.82) is 5.26 Å². The van der Waals surface area contributed by atoms with E-state index in [0.29, 0.717) is 4.68 Å². The molecule has 3 aromatic rings. The van der Waals surface area contributed by atoms with E-state index < -0.39 is 29.3 Å². The number of carbonyl (C=O) groups is 1. The van der Waals surface area contributed by atoms with Crippen molar-refractivity contribution in [1.82, 2.24) is 25.3 Å². The Morgan fingerprint density at radius 3 is 2.70 bits per heavy atom. The van der Waals surface area contributed by atoms with Crippen molar-refractivity contribution in [3.8, 4) is 11.8 Å². The van der Waals surface area contributed by atoms with Gasteiger partial charge in [-0.15, -0.1) is 5.10 Å². The van der Waals surface area contributed by atoms with Gasteiger partial charge in [-0.1, -0.05) is 11.3 Å². The first-order valence-corrected chi connectivity index (χ1v) is 8.47. The van der Waals surface area contributed by atoms with E-state index in [4.69, 9.17) is 5.26 Å². The number of nitriles is 1. The number of nitrogens with zero attached hydrogens (tertiary/aromatic N) is 5. The van der Waals surface area contributed by atoms with Crippen LogP contribution in [0, 0.1) is 17.1 Å². The molecule has 0 spiro atoms. The van der Waals surface area contributed by atoms with Gasteiger partial charge in [-0.05, 0) is 30.3 Å². The molecule has 2 N–H and O–H groups in total. The summed E-state index contributed by atoms with van der Waals surface area (Å²) in [6, 6.07) is 9.37. The quantitative estimate of drug-likeness (QED) is 0.470.